The van der Waals surface area contributed by atoms with Crippen molar-refractivity contribution in [2.24, 2.45) is 46.0 Å². The van der Waals surface area contributed by atoms with Gasteiger partial charge in [-0.2, -0.15) is 13.5 Å². The van der Waals surface area contributed by atoms with Gasteiger partial charge < -0.3 is 10.0 Å². The van der Waals surface area contributed by atoms with E-state index in [4.69, 9.17) is 0 Å². The predicted molar refractivity (Wildman–Crippen MR) is 195 cm³/mol. The number of nitrogens with one attached hydrogen (secondary N) is 1. The SMILES string of the molecule is CC(C)CCC[C@@H](C)[C@H]1CCC[C@H](C/C=N/NS(=O)(=O)c2cccc3c(N(C)C)cccc23)[C@@H]([C@@]2(C)CC[C@H](O)CC2=O)CC[C@@H]1C. The number of carbonyl (C=O) groups excluding carboxylic acids is 1. The highest BCUT2D eigenvalue weighted by Gasteiger charge is 2.47. The molecule has 0 radical (unpaired) electrons. The zero-order chi connectivity index (χ0) is 34.4. The van der Waals surface area contributed by atoms with Gasteiger partial charge in [-0.05, 0) is 86.2 Å². The summed E-state index contributed by atoms with van der Waals surface area (Å²) in [6, 6.07) is 11.0. The van der Waals surface area contributed by atoms with Gasteiger partial charge in [0.15, 0.2) is 0 Å². The van der Waals surface area contributed by atoms with E-state index in [1.54, 1.807) is 18.3 Å². The predicted octanol–water partition coefficient (Wildman–Crippen LogP) is 8.59. The highest BCUT2D eigenvalue weighted by atomic mass is 32.2. The minimum Gasteiger partial charge on any atom is -0.393 e. The molecule has 0 heterocycles. The number of anilines is 1. The molecular formula is C39H61N3O4S. The van der Waals surface area contributed by atoms with Crippen LogP contribution in [0.15, 0.2) is 46.4 Å². The van der Waals surface area contributed by atoms with Crippen molar-refractivity contribution in [3.63, 3.8) is 0 Å². The van der Waals surface area contributed by atoms with E-state index in [-0.39, 0.29) is 28.9 Å². The van der Waals surface area contributed by atoms with Gasteiger partial charge in [-0.15, -0.1) is 0 Å². The van der Waals surface area contributed by atoms with Crippen LogP contribution in [0.2, 0.25) is 0 Å². The van der Waals surface area contributed by atoms with Crippen molar-refractivity contribution in [3.8, 4) is 0 Å². The molecule has 7 atom stereocenters. The van der Waals surface area contributed by atoms with Crippen LogP contribution in [-0.2, 0) is 14.8 Å². The van der Waals surface area contributed by atoms with E-state index in [0.29, 0.717) is 42.4 Å². The number of sulfonamides is 1. The number of hydrogen-bond donors (Lipinski definition) is 2. The molecule has 0 amide bonds. The summed E-state index contributed by atoms with van der Waals surface area (Å²) < 4.78 is 27.0. The van der Waals surface area contributed by atoms with E-state index >= 15 is 0 Å². The Morgan fingerprint density at radius 2 is 1.74 bits per heavy atom. The number of aliphatic hydroxyl groups excluding tert-OH is 1. The summed E-state index contributed by atoms with van der Waals surface area (Å²) in [5, 5.41) is 16.1. The Morgan fingerprint density at radius 1 is 1.02 bits per heavy atom. The molecule has 2 aliphatic carbocycles. The van der Waals surface area contributed by atoms with E-state index in [9.17, 15) is 18.3 Å². The summed E-state index contributed by atoms with van der Waals surface area (Å²) in [4.78, 5) is 18.3. The molecule has 0 aromatic heterocycles. The number of benzene rings is 2. The number of Topliss-reactive ketones (excluding diaryl/α,β-unsaturated/α-hetero) is 1. The maximum atomic E-state index is 13.6. The summed E-state index contributed by atoms with van der Waals surface area (Å²) >= 11 is 0. The minimum absolute atomic E-state index is 0.172. The van der Waals surface area contributed by atoms with Crippen molar-refractivity contribution in [3.05, 3.63) is 36.4 Å². The molecule has 2 fully saturated rings. The minimum atomic E-state index is -3.90. The molecule has 2 aliphatic rings. The molecule has 2 N–H and O–H groups in total. The van der Waals surface area contributed by atoms with Crippen LogP contribution < -0.4 is 9.73 Å². The monoisotopic (exact) mass is 667 g/mol. The van der Waals surface area contributed by atoms with Crippen LogP contribution in [0, 0.1) is 40.9 Å². The van der Waals surface area contributed by atoms with E-state index in [2.05, 4.69) is 44.6 Å². The number of fused-ring (bicyclic) bond motifs is 1. The van der Waals surface area contributed by atoms with Crippen molar-refractivity contribution in [1.29, 1.82) is 0 Å². The molecule has 0 spiro atoms. The molecule has 262 valence electrons. The lowest BCUT2D eigenvalue weighted by Crippen LogP contribution is -2.45. The molecule has 7 nitrogen and oxygen atoms in total. The van der Waals surface area contributed by atoms with Crippen molar-refractivity contribution in [1.82, 2.24) is 4.83 Å². The van der Waals surface area contributed by atoms with Gasteiger partial charge >= 0.3 is 0 Å². The first-order valence-corrected chi connectivity index (χ1v) is 19.7. The third-order valence-corrected chi connectivity index (χ3v) is 13.0. The summed E-state index contributed by atoms with van der Waals surface area (Å²) in [7, 11) is -0.00498. The molecule has 0 bridgehead atoms. The summed E-state index contributed by atoms with van der Waals surface area (Å²) in [6.45, 7) is 11.6. The highest BCUT2D eigenvalue weighted by molar-refractivity contribution is 7.89. The van der Waals surface area contributed by atoms with Gasteiger partial charge in [0, 0.05) is 48.6 Å². The maximum Gasteiger partial charge on any atom is 0.277 e. The standard InChI is InChI=1S/C39H61N3O4S/c1-27(2)12-8-13-28(3)32-15-9-14-30(35(21-20-29(32)4)39(5)24-22-31(43)26-38(39)44)23-25-40-41-47(45,46)37-19-11-16-33-34(37)17-10-18-36(33)42(6)7/h10-11,16-19,25,27-32,35,41,43H,8-9,12-15,20-24,26H2,1-7H3/b40-25+/t28-,29+,30-,31+,32-,35+,39-/m1/s1. The van der Waals surface area contributed by atoms with Gasteiger partial charge in [0.05, 0.1) is 11.0 Å². The molecule has 2 aromatic rings. The number of rotatable bonds is 12. The van der Waals surface area contributed by atoms with Crippen LogP contribution >= 0.6 is 0 Å². The van der Waals surface area contributed by atoms with Gasteiger partial charge in [-0.3, -0.25) is 4.79 Å². The molecule has 2 saturated carbocycles. The Balaban J connectivity index is 1.53. The maximum absolute atomic E-state index is 13.6. The fourth-order valence-corrected chi connectivity index (χ4v) is 9.84. The van der Waals surface area contributed by atoms with Crippen molar-refractivity contribution < 1.29 is 18.3 Å². The van der Waals surface area contributed by atoms with Crippen LogP contribution in [0.5, 0.6) is 0 Å². The normalized spacial score (nSPS) is 28.6. The molecule has 2 aromatic carbocycles. The Kier molecular flexibility index (Phi) is 13.0. The van der Waals surface area contributed by atoms with Gasteiger partial charge in [-0.25, -0.2) is 4.83 Å². The van der Waals surface area contributed by atoms with Crippen LogP contribution in [0.25, 0.3) is 10.8 Å². The Bertz CT molecular complexity index is 1470. The molecule has 0 aliphatic heterocycles. The average Bonchev–Trinajstić information content (AvgIpc) is 3.09. The molecule has 0 saturated heterocycles. The lowest BCUT2D eigenvalue weighted by atomic mass is 9.59. The van der Waals surface area contributed by atoms with Gasteiger partial charge in [0.25, 0.3) is 10.0 Å². The smallest absolute Gasteiger partial charge is 0.277 e. The third-order valence-electron chi connectivity index (χ3n) is 11.7. The molecule has 47 heavy (non-hydrogen) atoms. The topological polar surface area (TPSA) is 99.1 Å². The number of ketones is 1. The second-order valence-electron chi connectivity index (χ2n) is 15.7. The van der Waals surface area contributed by atoms with Crippen LogP contribution in [0.3, 0.4) is 0 Å². The second-order valence-corrected chi connectivity index (χ2v) is 17.3. The quantitative estimate of drug-likeness (QED) is 0.175. The average molecular weight is 668 g/mol. The summed E-state index contributed by atoms with van der Waals surface area (Å²) in [5.41, 5.74) is 0.473. The number of hydrazone groups is 1. The Hall–Kier alpha value is -2.45. The zero-order valence-electron chi connectivity index (χ0n) is 30.0. The van der Waals surface area contributed by atoms with Crippen LogP contribution in [0.4, 0.5) is 5.69 Å². The van der Waals surface area contributed by atoms with Gasteiger partial charge in [0.1, 0.15) is 5.78 Å². The Morgan fingerprint density at radius 3 is 2.45 bits per heavy atom. The largest absolute Gasteiger partial charge is 0.393 e. The highest BCUT2D eigenvalue weighted by Crippen LogP contribution is 2.49. The fraction of sp³-hybridized carbons (Fsp3) is 0.692. The first-order valence-electron chi connectivity index (χ1n) is 18.2. The fourth-order valence-electron chi connectivity index (χ4n) is 8.80. The summed E-state index contributed by atoms with van der Waals surface area (Å²) in [6.07, 6.45) is 12.6. The summed E-state index contributed by atoms with van der Waals surface area (Å²) in [5.74, 6) is 3.25. The molecule has 4 rings (SSSR count). The van der Waals surface area contributed by atoms with Crippen LogP contribution in [0.1, 0.15) is 112 Å². The number of nitrogens with zero attached hydrogens (tertiary/aromatic N) is 2. The number of carbonyl (C=O) groups is 1. The van der Waals surface area contributed by atoms with Gasteiger partial charge in [-0.1, -0.05) is 91.0 Å². The van der Waals surface area contributed by atoms with Crippen LogP contribution in [-0.4, -0.2) is 45.7 Å². The molecular weight excluding hydrogens is 607 g/mol. The van der Waals surface area contributed by atoms with Crippen molar-refractivity contribution >= 4 is 38.5 Å². The molecule has 0 unspecified atom stereocenters. The van der Waals surface area contributed by atoms with E-state index in [1.165, 1.54) is 25.7 Å². The van der Waals surface area contributed by atoms with Gasteiger partial charge in [0.2, 0.25) is 0 Å². The second kappa shape index (κ2) is 16.3. The van der Waals surface area contributed by atoms with E-state index in [1.807, 2.05) is 43.3 Å². The Labute approximate surface area is 285 Å². The first-order chi connectivity index (χ1) is 22.2. The third kappa shape index (κ3) is 9.17. The first kappa shape index (κ1) is 37.4. The number of aliphatic hydroxyl groups is 1. The van der Waals surface area contributed by atoms with Crippen molar-refractivity contribution in [2.45, 2.75) is 123 Å². The molecule has 8 heteroatoms. The lowest BCUT2D eigenvalue weighted by Gasteiger charge is -2.44. The lowest BCUT2D eigenvalue weighted by molar-refractivity contribution is -0.140. The van der Waals surface area contributed by atoms with E-state index in [0.717, 1.165) is 42.7 Å². The van der Waals surface area contributed by atoms with Crippen molar-refractivity contribution in [2.75, 3.05) is 19.0 Å². The zero-order valence-corrected chi connectivity index (χ0v) is 30.9. The number of hydrogen-bond acceptors (Lipinski definition) is 6. The van der Waals surface area contributed by atoms with E-state index < -0.39 is 21.5 Å².